The van der Waals surface area contributed by atoms with Gasteiger partial charge in [0, 0.05) is 35.3 Å². The lowest BCUT2D eigenvalue weighted by Crippen LogP contribution is -2.51. The summed E-state index contributed by atoms with van der Waals surface area (Å²) in [5.41, 5.74) is 3.18. The predicted molar refractivity (Wildman–Crippen MR) is 150 cm³/mol. The highest BCUT2D eigenvalue weighted by Gasteiger charge is 2.30. The number of rotatable bonds is 12. The third kappa shape index (κ3) is 9.03. The first-order valence-electron chi connectivity index (χ1n) is 12.4. The van der Waals surface area contributed by atoms with Gasteiger partial charge in [-0.15, -0.1) is 11.8 Å². The quantitative estimate of drug-likeness (QED) is 0.213. The number of carbonyl (C=O) groups is 2. The summed E-state index contributed by atoms with van der Waals surface area (Å²) in [4.78, 5) is 29.9. The van der Waals surface area contributed by atoms with Crippen molar-refractivity contribution in [2.24, 2.45) is 0 Å². The van der Waals surface area contributed by atoms with Crippen LogP contribution in [-0.2, 0) is 22.6 Å². The topological polar surface area (TPSA) is 49.4 Å². The molecule has 0 spiro atoms. The van der Waals surface area contributed by atoms with Crippen LogP contribution in [0.3, 0.4) is 0 Å². The van der Waals surface area contributed by atoms with Crippen LogP contribution in [0.4, 0.5) is 0 Å². The van der Waals surface area contributed by atoms with E-state index in [9.17, 15) is 9.59 Å². The van der Waals surface area contributed by atoms with Crippen LogP contribution in [0.2, 0.25) is 5.02 Å². The van der Waals surface area contributed by atoms with E-state index < -0.39 is 6.04 Å². The summed E-state index contributed by atoms with van der Waals surface area (Å²) in [5.74, 6) is 0.686. The Morgan fingerprint density at radius 1 is 0.944 bits per heavy atom. The second-order valence-corrected chi connectivity index (χ2v) is 10.9. The third-order valence-corrected chi connectivity index (χ3v) is 7.11. The molecule has 0 saturated carbocycles. The molecule has 0 heterocycles. The van der Waals surface area contributed by atoms with Crippen molar-refractivity contribution in [3.8, 4) is 0 Å². The highest BCUT2D eigenvalue weighted by atomic mass is 35.5. The van der Waals surface area contributed by atoms with Crippen LogP contribution in [-0.4, -0.2) is 34.6 Å². The van der Waals surface area contributed by atoms with Gasteiger partial charge in [0.25, 0.3) is 0 Å². The highest BCUT2D eigenvalue weighted by molar-refractivity contribution is 7.99. The Morgan fingerprint density at radius 3 is 2.31 bits per heavy atom. The van der Waals surface area contributed by atoms with Crippen molar-refractivity contribution in [2.75, 3.05) is 5.75 Å². The van der Waals surface area contributed by atoms with Crippen molar-refractivity contribution in [3.05, 3.63) is 101 Å². The van der Waals surface area contributed by atoms with Gasteiger partial charge in [0.2, 0.25) is 11.8 Å². The number of amides is 2. The summed E-state index contributed by atoms with van der Waals surface area (Å²) in [6.45, 7) is 6.32. The molecule has 6 heteroatoms. The fourth-order valence-electron chi connectivity index (χ4n) is 4.03. The van der Waals surface area contributed by atoms with Gasteiger partial charge in [0.15, 0.2) is 0 Å². The first kappa shape index (κ1) is 27.8. The minimum atomic E-state index is -0.591. The molecule has 1 atom stereocenters. The molecule has 0 radical (unpaired) electrons. The fourth-order valence-corrected chi connectivity index (χ4v) is 5.01. The minimum absolute atomic E-state index is 0.00644. The molecular formula is C30H35ClN2O2S. The molecule has 0 aliphatic rings. The molecule has 1 N–H and O–H groups in total. The third-order valence-electron chi connectivity index (χ3n) is 5.75. The van der Waals surface area contributed by atoms with Crippen LogP contribution in [0.15, 0.2) is 83.8 Å². The van der Waals surface area contributed by atoms with Gasteiger partial charge in [-0.1, -0.05) is 71.8 Å². The van der Waals surface area contributed by atoms with Crippen LogP contribution in [0.1, 0.15) is 43.4 Å². The molecule has 0 unspecified atom stereocenters. The van der Waals surface area contributed by atoms with Gasteiger partial charge in [-0.25, -0.2) is 0 Å². The van der Waals surface area contributed by atoms with Gasteiger partial charge in [-0.05, 0) is 68.3 Å². The highest BCUT2D eigenvalue weighted by Crippen LogP contribution is 2.22. The normalized spacial score (nSPS) is 11.8. The summed E-state index contributed by atoms with van der Waals surface area (Å²) in [6.07, 6.45) is 1.57. The van der Waals surface area contributed by atoms with Gasteiger partial charge in [0.1, 0.15) is 6.04 Å². The zero-order valence-corrected chi connectivity index (χ0v) is 22.8. The molecule has 36 heavy (non-hydrogen) atoms. The second-order valence-electron chi connectivity index (χ2n) is 9.29. The van der Waals surface area contributed by atoms with Crippen LogP contribution >= 0.6 is 23.4 Å². The standard InChI is InChI=1S/C30H35ClN2O2S/c1-22(2)32-30(35)28(20-24-10-5-4-6-11-24)33(21-25-12-7-9-23(3)19-25)29(34)13-8-18-36-27-16-14-26(31)15-17-27/h4-7,9-12,14-17,19,22,28H,8,13,18,20-21H2,1-3H3,(H,32,35)/t28-/m0/s1. The summed E-state index contributed by atoms with van der Waals surface area (Å²) in [7, 11) is 0. The molecule has 2 amide bonds. The van der Waals surface area contributed by atoms with Gasteiger partial charge < -0.3 is 10.2 Å². The summed E-state index contributed by atoms with van der Waals surface area (Å²) < 4.78 is 0. The fraction of sp³-hybridized carbons (Fsp3) is 0.333. The molecule has 0 fully saturated rings. The van der Waals surface area contributed by atoms with E-state index in [1.165, 1.54) is 0 Å². The number of aryl methyl sites for hydroxylation is 1. The number of carbonyl (C=O) groups excluding carboxylic acids is 2. The summed E-state index contributed by atoms with van der Waals surface area (Å²) >= 11 is 7.68. The van der Waals surface area contributed by atoms with Crippen molar-refractivity contribution >= 4 is 35.2 Å². The summed E-state index contributed by atoms with van der Waals surface area (Å²) in [6, 6.07) is 25.2. The van der Waals surface area contributed by atoms with Gasteiger partial charge >= 0.3 is 0 Å². The SMILES string of the molecule is Cc1cccc(CN(C(=O)CCCSc2ccc(Cl)cc2)[C@@H](Cc2ccccc2)C(=O)NC(C)C)c1. The van der Waals surface area contributed by atoms with E-state index in [0.29, 0.717) is 24.4 Å². The van der Waals surface area contributed by atoms with Crippen molar-refractivity contribution < 1.29 is 9.59 Å². The van der Waals surface area contributed by atoms with Crippen molar-refractivity contribution in [1.29, 1.82) is 0 Å². The lowest BCUT2D eigenvalue weighted by Gasteiger charge is -2.32. The number of benzene rings is 3. The van der Waals surface area contributed by atoms with E-state index in [4.69, 9.17) is 11.6 Å². The number of nitrogens with zero attached hydrogens (tertiary/aromatic N) is 1. The van der Waals surface area contributed by atoms with E-state index >= 15 is 0 Å². The lowest BCUT2D eigenvalue weighted by molar-refractivity contribution is -0.141. The second kappa shape index (κ2) is 14.1. The molecule has 190 valence electrons. The van der Waals surface area contributed by atoms with E-state index in [1.807, 2.05) is 93.6 Å². The Labute approximate surface area is 224 Å². The van der Waals surface area contributed by atoms with Gasteiger partial charge in [-0.3, -0.25) is 9.59 Å². The van der Waals surface area contributed by atoms with Crippen LogP contribution < -0.4 is 5.32 Å². The maximum absolute atomic E-state index is 13.6. The maximum Gasteiger partial charge on any atom is 0.243 e. The van der Waals surface area contributed by atoms with E-state index in [1.54, 1.807) is 16.7 Å². The van der Waals surface area contributed by atoms with E-state index in [2.05, 4.69) is 11.4 Å². The Hall–Kier alpha value is -2.76. The van der Waals surface area contributed by atoms with E-state index in [-0.39, 0.29) is 17.9 Å². The number of nitrogens with one attached hydrogen (secondary N) is 1. The molecular weight excluding hydrogens is 488 g/mol. The smallest absolute Gasteiger partial charge is 0.243 e. The van der Waals surface area contributed by atoms with Crippen LogP contribution in [0.25, 0.3) is 0 Å². The van der Waals surface area contributed by atoms with Crippen molar-refractivity contribution in [2.45, 2.75) is 63.6 Å². The zero-order valence-electron chi connectivity index (χ0n) is 21.2. The molecule has 4 nitrogen and oxygen atoms in total. The first-order valence-corrected chi connectivity index (χ1v) is 13.8. The Kier molecular flexibility index (Phi) is 10.9. The lowest BCUT2D eigenvalue weighted by atomic mass is 10.0. The molecule has 0 aromatic heterocycles. The van der Waals surface area contributed by atoms with Crippen molar-refractivity contribution in [1.82, 2.24) is 10.2 Å². The molecule has 0 aliphatic carbocycles. The molecule has 0 saturated heterocycles. The molecule has 0 aliphatic heterocycles. The van der Waals surface area contributed by atoms with Gasteiger partial charge in [-0.2, -0.15) is 0 Å². The number of halogens is 1. The van der Waals surface area contributed by atoms with Crippen LogP contribution in [0, 0.1) is 6.92 Å². The molecule has 0 bridgehead atoms. The average molecular weight is 523 g/mol. The number of thioether (sulfide) groups is 1. The molecule has 3 aromatic carbocycles. The minimum Gasteiger partial charge on any atom is -0.352 e. The summed E-state index contributed by atoms with van der Waals surface area (Å²) in [5, 5.41) is 3.75. The Bertz CT molecular complexity index is 1120. The number of hydrogen-bond donors (Lipinski definition) is 1. The predicted octanol–water partition coefficient (Wildman–Crippen LogP) is 6.69. The molecule has 3 aromatic rings. The molecule has 3 rings (SSSR count). The van der Waals surface area contributed by atoms with Crippen molar-refractivity contribution in [3.63, 3.8) is 0 Å². The first-order chi connectivity index (χ1) is 17.3. The monoisotopic (exact) mass is 522 g/mol. The van der Waals surface area contributed by atoms with Crippen LogP contribution in [0.5, 0.6) is 0 Å². The maximum atomic E-state index is 13.6. The zero-order chi connectivity index (χ0) is 25.9. The largest absolute Gasteiger partial charge is 0.352 e. The van der Waals surface area contributed by atoms with Gasteiger partial charge in [0.05, 0.1) is 0 Å². The number of hydrogen-bond acceptors (Lipinski definition) is 3. The Balaban J connectivity index is 1.78. The van der Waals surface area contributed by atoms with E-state index in [0.717, 1.165) is 33.8 Å². The average Bonchev–Trinajstić information content (AvgIpc) is 2.85. The Morgan fingerprint density at radius 2 is 1.64 bits per heavy atom.